The largest absolute Gasteiger partial charge is 0.466 e. The molecule has 0 N–H and O–H groups in total. The summed E-state index contributed by atoms with van der Waals surface area (Å²) in [5.74, 6) is -0.160. The summed E-state index contributed by atoms with van der Waals surface area (Å²) in [4.78, 5) is 22.9. The molecular weight excluding hydrogens is 356 g/mol. The number of hydrogen-bond donors (Lipinski definition) is 0. The van der Waals surface area contributed by atoms with Crippen LogP contribution in [0.15, 0.2) is 30.4 Å². The van der Waals surface area contributed by atoms with Crippen molar-refractivity contribution in [3.63, 3.8) is 0 Å². The van der Waals surface area contributed by atoms with Crippen molar-refractivity contribution < 1.29 is 18.4 Å². The number of aromatic nitrogens is 2. The van der Waals surface area contributed by atoms with Crippen LogP contribution in [0.2, 0.25) is 0 Å². The van der Waals surface area contributed by atoms with Crippen LogP contribution in [0.25, 0.3) is 11.7 Å². The van der Waals surface area contributed by atoms with E-state index < -0.39 is 5.76 Å². The minimum Gasteiger partial charge on any atom is -0.466 e. The Hall–Kier alpha value is -1.83. The molecule has 0 bridgehead atoms. The fourth-order valence-electron chi connectivity index (χ4n) is 1.92. The first-order chi connectivity index (χ1) is 10.6. The number of unbranched alkanes of at least 4 members (excludes halogenated alkanes) is 2. The Balaban J connectivity index is 1.80. The van der Waals surface area contributed by atoms with E-state index in [4.69, 9.17) is 13.6 Å². The van der Waals surface area contributed by atoms with Gasteiger partial charge in [0, 0.05) is 13.0 Å². The van der Waals surface area contributed by atoms with Crippen molar-refractivity contribution in [2.45, 2.75) is 39.2 Å². The lowest BCUT2D eigenvalue weighted by Crippen LogP contribution is -2.15. The molecule has 0 fully saturated rings. The first-order valence-corrected chi connectivity index (χ1v) is 7.88. The number of furan rings is 1. The van der Waals surface area contributed by atoms with Crippen molar-refractivity contribution in [2.24, 2.45) is 0 Å². The molecule has 2 rings (SSSR count). The highest BCUT2D eigenvalue weighted by molar-refractivity contribution is 9.10. The van der Waals surface area contributed by atoms with Crippen LogP contribution >= 0.6 is 15.9 Å². The van der Waals surface area contributed by atoms with Gasteiger partial charge in [0.05, 0.1) is 6.61 Å². The lowest BCUT2D eigenvalue weighted by molar-refractivity contribution is -0.143. The van der Waals surface area contributed by atoms with Gasteiger partial charge in [0.25, 0.3) is 5.89 Å². The molecule has 0 spiro atoms. The molecule has 0 aliphatic carbocycles. The van der Waals surface area contributed by atoms with E-state index in [2.05, 4.69) is 21.0 Å². The molecule has 0 atom stereocenters. The Morgan fingerprint density at radius 3 is 2.82 bits per heavy atom. The molecule has 22 heavy (non-hydrogen) atoms. The third kappa shape index (κ3) is 4.59. The van der Waals surface area contributed by atoms with E-state index in [1.807, 2.05) is 0 Å². The van der Waals surface area contributed by atoms with E-state index >= 15 is 0 Å². The predicted octanol–water partition coefficient (Wildman–Crippen LogP) is 2.98. The second-order valence-corrected chi connectivity index (χ2v) is 5.40. The normalized spacial score (nSPS) is 10.8. The molecule has 120 valence electrons. The van der Waals surface area contributed by atoms with Gasteiger partial charge in [-0.15, -0.1) is 5.10 Å². The van der Waals surface area contributed by atoms with Crippen LogP contribution < -0.4 is 5.76 Å². The fourth-order valence-corrected chi connectivity index (χ4v) is 2.22. The zero-order valence-electron chi connectivity index (χ0n) is 12.2. The molecular formula is C14H17BrN2O5. The summed E-state index contributed by atoms with van der Waals surface area (Å²) in [6.45, 7) is 2.62. The van der Waals surface area contributed by atoms with E-state index in [9.17, 15) is 9.59 Å². The second-order valence-electron chi connectivity index (χ2n) is 4.62. The van der Waals surface area contributed by atoms with Gasteiger partial charge in [-0.25, -0.2) is 4.79 Å². The summed E-state index contributed by atoms with van der Waals surface area (Å²) >= 11 is 3.18. The van der Waals surface area contributed by atoms with Crippen LogP contribution in [-0.2, 0) is 16.1 Å². The molecule has 0 unspecified atom stereocenters. The van der Waals surface area contributed by atoms with Crippen molar-refractivity contribution in [1.29, 1.82) is 0 Å². The monoisotopic (exact) mass is 372 g/mol. The van der Waals surface area contributed by atoms with Gasteiger partial charge in [0.2, 0.25) is 0 Å². The van der Waals surface area contributed by atoms with Gasteiger partial charge in [0.15, 0.2) is 10.4 Å². The molecule has 2 aromatic heterocycles. The van der Waals surface area contributed by atoms with Gasteiger partial charge in [-0.3, -0.25) is 4.79 Å². The molecule has 0 aliphatic rings. The van der Waals surface area contributed by atoms with E-state index in [0.29, 0.717) is 30.0 Å². The minimum atomic E-state index is -0.520. The standard InChI is InChI=1S/C14H17BrN2O5/c1-2-20-12(18)6-4-3-5-9-17-14(19)22-13(16-17)10-7-8-11(15)21-10/h7-8H,2-6,9H2,1H3. The lowest BCUT2D eigenvalue weighted by Gasteiger charge is -2.01. The summed E-state index contributed by atoms with van der Waals surface area (Å²) in [5, 5.41) is 4.09. The number of carbonyl (C=O) groups is 1. The van der Waals surface area contributed by atoms with Crippen LogP contribution in [0, 0.1) is 0 Å². The van der Waals surface area contributed by atoms with E-state index in [-0.39, 0.29) is 11.9 Å². The number of aryl methyl sites for hydroxylation is 1. The Labute approximate surface area is 135 Å². The van der Waals surface area contributed by atoms with Crippen molar-refractivity contribution in [2.75, 3.05) is 6.61 Å². The topological polar surface area (TPSA) is 87.5 Å². The maximum absolute atomic E-state index is 11.7. The van der Waals surface area contributed by atoms with Crippen LogP contribution in [0.1, 0.15) is 32.6 Å². The average Bonchev–Trinajstić information content (AvgIpc) is 3.05. The number of rotatable bonds is 8. The van der Waals surface area contributed by atoms with Gasteiger partial charge in [-0.05, 0) is 47.8 Å². The van der Waals surface area contributed by atoms with E-state index in [0.717, 1.165) is 19.3 Å². The zero-order valence-corrected chi connectivity index (χ0v) is 13.8. The highest BCUT2D eigenvalue weighted by atomic mass is 79.9. The number of ether oxygens (including phenoxy) is 1. The summed E-state index contributed by atoms with van der Waals surface area (Å²) in [7, 11) is 0. The molecule has 2 heterocycles. The van der Waals surface area contributed by atoms with Crippen LogP contribution in [-0.4, -0.2) is 22.4 Å². The molecule has 2 aromatic rings. The molecule has 0 aliphatic heterocycles. The Morgan fingerprint density at radius 2 is 2.14 bits per heavy atom. The quantitative estimate of drug-likeness (QED) is 0.522. The van der Waals surface area contributed by atoms with Gasteiger partial charge in [-0.2, -0.15) is 4.68 Å². The number of nitrogens with zero attached hydrogens (tertiary/aromatic N) is 2. The molecule has 0 saturated heterocycles. The summed E-state index contributed by atoms with van der Waals surface area (Å²) in [5.41, 5.74) is 0. The van der Waals surface area contributed by atoms with Crippen LogP contribution in [0.4, 0.5) is 0 Å². The van der Waals surface area contributed by atoms with Gasteiger partial charge < -0.3 is 13.6 Å². The molecule has 0 amide bonds. The Bertz CT molecular complexity index is 673. The van der Waals surface area contributed by atoms with Crippen molar-refractivity contribution >= 4 is 21.9 Å². The molecule has 0 aromatic carbocycles. The smallest absolute Gasteiger partial charge is 0.437 e. The first-order valence-electron chi connectivity index (χ1n) is 7.09. The Kier molecular flexibility index (Phi) is 6.00. The molecule has 8 heteroatoms. The third-order valence-corrected chi connectivity index (χ3v) is 3.37. The number of esters is 1. The van der Waals surface area contributed by atoms with Crippen LogP contribution in [0.5, 0.6) is 0 Å². The van der Waals surface area contributed by atoms with Gasteiger partial charge >= 0.3 is 11.7 Å². The Morgan fingerprint density at radius 1 is 1.32 bits per heavy atom. The minimum absolute atomic E-state index is 0.155. The van der Waals surface area contributed by atoms with Crippen LogP contribution in [0.3, 0.4) is 0 Å². The maximum atomic E-state index is 11.7. The van der Waals surface area contributed by atoms with Gasteiger partial charge in [-0.1, -0.05) is 6.42 Å². The average molecular weight is 373 g/mol. The number of halogens is 1. The highest BCUT2D eigenvalue weighted by Crippen LogP contribution is 2.22. The first kappa shape index (κ1) is 16.5. The van der Waals surface area contributed by atoms with E-state index in [1.165, 1.54) is 4.68 Å². The number of carbonyl (C=O) groups excluding carboxylic acids is 1. The zero-order chi connectivity index (χ0) is 15.9. The number of hydrogen-bond acceptors (Lipinski definition) is 6. The lowest BCUT2D eigenvalue weighted by atomic mass is 10.2. The molecule has 0 radical (unpaired) electrons. The fraction of sp³-hybridized carbons (Fsp3) is 0.500. The maximum Gasteiger partial charge on any atom is 0.437 e. The van der Waals surface area contributed by atoms with Crippen molar-refractivity contribution in [3.05, 3.63) is 27.4 Å². The van der Waals surface area contributed by atoms with E-state index in [1.54, 1.807) is 19.1 Å². The van der Waals surface area contributed by atoms with Crippen molar-refractivity contribution in [3.8, 4) is 11.7 Å². The predicted molar refractivity (Wildman–Crippen MR) is 81.3 cm³/mol. The SMILES string of the molecule is CCOC(=O)CCCCCn1nc(-c2ccc(Br)o2)oc1=O. The second kappa shape index (κ2) is 7.98. The highest BCUT2D eigenvalue weighted by Gasteiger charge is 2.13. The van der Waals surface area contributed by atoms with Crippen molar-refractivity contribution in [1.82, 2.24) is 9.78 Å². The molecule has 0 saturated carbocycles. The summed E-state index contributed by atoms with van der Waals surface area (Å²) in [6, 6.07) is 3.36. The summed E-state index contributed by atoms with van der Waals surface area (Å²) < 4.78 is 17.0. The third-order valence-electron chi connectivity index (χ3n) is 2.95. The van der Waals surface area contributed by atoms with Gasteiger partial charge in [0.1, 0.15) is 0 Å². The molecule has 7 nitrogen and oxygen atoms in total. The summed E-state index contributed by atoms with van der Waals surface area (Å²) in [6.07, 6.45) is 2.66.